The van der Waals surface area contributed by atoms with E-state index >= 15 is 0 Å². The van der Waals surface area contributed by atoms with E-state index in [1.807, 2.05) is 0 Å². The summed E-state index contributed by atoms with van der Waals surface area (Å²) in [5, 5.41) is 8.22. The van der Waals surface area contributed by atoms with E-state index in [0.29, 0.717) is 0 Å². The van der Waals surface area contributed by atoms with Crippen molar-refractivity contribution in [3.8, 4) is 0 Å². The number of sulfonamides is 1. The summed E-state index contributed by atoms with van der Waals surface area (Å²) in [7, 11) is -4.10. The molecule has 1 aromatic rings. The van der Waals surface area contributed by atoms with Gasteiger partial charge in [0.25, 0.3) is 0 Å². The molecule has 166 valence electrons. The van der Waals surface area contributed by atoms with Crippen molar-refractivity contribution in [1.29, 1.82) is 0 Å². The Bertz CT molecular complexity index is 954. The van der Waals surface area contributed by atoms with Gasteiger partial charge in [0.1, 0.15) is 17.2 Å². The Morgan fingerprint density at radius 1 is 1.43 bits per heavy atom. The minimum absolute atomic E-state index is 0.0175. The minimum atomic E-state index is -4.10. The van der Waals surface area contributed by atoms with Gasteiger partial charge in [-0.05, 0) is 60.5 Å². The fourth-order valence-corrected chi connectivity index (χ4v) is 5.69. The van der Waals surface area contributed by atoms with Crippen molar-refractivity contribution in [2.24, 2.45) is 0 Å². The lowest BCUT2D eigenvalue weighted by molar-refractivity contribution is -0.152. The summed E-state index contributed by atoms with van der Waals surface area (Å²) in [6.45, 7) is 3.13. The number of hydrogen-bond donors (Lipinski definition) is 2. The fraction of sp³-hybridized carbons (Fsp3) is 0.526. The molecule has 0 amide bonds. The van der Waals surface area contributed by atoms with Crippen LogP contribution in [-0.4, -0.2) is 56.0 Å². The maximum atomic E-state index is 13.3. The minimum Gasteiger partial charge on any atom is -0.463 e. The number of ether oxygens (including phenoxy) is 3. The number of benzene rings is 1. The molecule has 3 rings (SSSR count). The maximum absolute atomic E-state index is 13.3. The average molecular weight is 508 g/mol. The second kappa shape index (κ2) is 8.91. The molecular formula is C19H23BrFNO7S. The van der Waals surface area contributed by atoms with E-state index < -0.39 is 45.1 Å². The number of aliphatic hydroxyl groups excluding tert-OH is 1. The van der Waals surface area contributed by atoms with Crippen molar-refractivity contribution in [3.63, 3.8) is 0 Å². The summed E-state index contributed by atoms with van der Waals surface area (Å²) >= 11 is 3.13. The van der Waals surface area contributed by atoms with Crippen molar-refractivity contribution in [1.82, 2.24) is 0 Å². The first-order valence-electron chi connectivity index (χ1n) is 9.44. The van der Waals surface area contributed by atoms with Gasteiger partial charge < -0.3 is 19.3 Å². The molecule has 2 unspecified atom stereocenters. The average Bonchev–Trinajstić information content (AvgIpc) is 2.98. The number of hydrogen-bond acceptors (Lipinski definition) is 7. The molecule has 1 aliphatic carbocycles. The molecule has 1 heterocycles. The zero-order valence-corrected chi connectivity index (χ0v) is 18.8. The van der Waals surface area contributed by atoms with E-state index in [1.165, 1.54) is 12.1 Å². The summed E-state index contributed by atoms with van der Waals surface area (Å²) in [4.78, 5) is 12.6. The molecule has 1 fully saturated rings. The van der Waals surface area contributed by atoms with Crippen LogP contribution in [-0.2, 0) is 29.0 Å². The van der Waals surface area contributed by atoms with Crippen LogP contribution in [0.5, 0.6) is 0 Å². The number of halogens is 2. The Kier molecular flexibility index (Phi) is 6.87. The highest BCUT2D eigenvalue weighted by Gasteiger charge is 2.50. The molecule has 4 atom stereocenters. The fourth-order valence-electron chi connectivity index (χ4n) is 3.56. The van der Waals surface area contributed by atoms with Gasteiger partial charge in [0, 0.05) is 10.9 Å². The van der Waals surface area contributed by atoms with Crippen LogP contribution >= 0.6 is 15.9 Å². The highest BCUT2D eigenvalue weighted by molar-refractivity contribution is 9.10. The SMILES string of the molecule is CCOC(=O)C1=CC2(CCC1S(=O)(=O)Nc1ccc(F)cc1Br)O[C@@H](C)[C@H](CO)O2. The molecule has 30 heavy (non-hydrogen) atoms. The topological polar surface area (TPSA) is 111 Å². The summed E-state index contributed by atoms with van der Waals surface area (Å²) in [5.74, 6) is -2.63. The Morgan fingerprint density at radius 3 is 2.77 bits per heavy atom. The predicted octanol–water partition coefficient (Wildman–Crippen LogP) is 2.47. The first-order chi connectivity index (χ1) is 14.1. The third-order valence-electron chi connectivity index (χ3n) is 4.99. The second-order valence-electron chi connectivity index (χ2n) is 7.09. The summed E-state index contributed by atoms with van der Waals surface area (Å²) in [6.07, 6.45) is 0.489. The van der Waals surface area contributed by atoms with E-state index in [9.17, 15) is 22.7 Å². The van der Waals surface area contributed by atoms with Gasteiger partial charge in [0.05, 0.1) is 30.6 Å². The molecule has 0 radical (unpaired) electrons. The summed E-state index contributed by atoms with van der Waals surface area (Å²) in [5.41, 5.74) is 0.0295. The maximum Gasteiger partial charge on any atom is 0.335 e. The zero-order chi connectivity index (χ0) is 22.1. The Hall–Kier alpha value is -1.53. The van der Waals surface area contributed by atoms with Gasteiger partial charge in [-0.25, -0.2) is 17.6 Å². The van der Waals surface area contributed by atoms with Crippen molar-refractivity contribution in [3.05, 3.63) is 40.1 Å². The van der Waals surface area contributed by atoms with E-state index in [0.717, 1.165) is 12.1 Å². The largest absolute Gasteiger partial charge is 0.463 e. The van der Waals surface area contributed by atoms with Gasteiger partial charge in [-0.3, -0.25) is 4.72 Å². The van der Waals surface area contributed by atoms with Crippen LogP contribution < -0.4 is 4.72 Å². The van der Waals surface area contributed by atoms with Crippen LogP contribution in [0, 0.1) is 5.82 Å². The Labute approximate surface area is 182 Å². The van der Waals surface area contributed by atoms with Crippen molar-refractivity contribution < 1.29 is 36.9 Å². The molecule has 11 heteroatoms. The summed E-state index contributed by atoms with van der Waals surface area (Å²) < 4.78 is 58.9. The van der Waals surface area contributed by atoms with Crippen molar-refractivity contribution in [2.75, 3.05) is 17.9 Å². The number of esters is 1. The Morgan fingerprint density at radius 2 is 2.17 bits per heavy atom. The van der Waals surface area contributed by atoms with Gasteiger partial charge in [-0.15, -0.1) is 0 Å². The quantitative estimate of drug-likeness (QED) is 0.568. The molecule has 0 aromatic heterocycles. The standard InChI is InChI=1S/C19H23BrFNO7S/c1-3-27-18(24)13-9-19(28-11(2)16(10-23)29-19)7-6-17(13)30(25,26)22-15-5-4-12(21)8-14(15)20/h4-5,8-9,11,16-17,22-23H,3,6-7,10H2,1-2H3/t11-,16-,17?,19?/m0/s1. The van der Waals surface area contributed by atoms with E-state index in [-0.39, 0.29) is 41.8 Å². The van der Waals surface area contributed by atoms with E-state index in [2.05, 4.69) is 20.7 Å². The van der Waals surface area contributed by atoms with Gasteiger partial charge in [0.15, 0.2) is 5.79 Å². The lowest BCUT2D eigenvalue weighted by Gasteiger charge is -2.33. The molecule has 8 nitrogen and oxygen atoms in total. The van der Waals surface area contributed by atoms with Crippen molar-refractivity contribution in [2.45, 2.75) is 49.9 Å². The van der Waals surface area contributed by atoms with Crippen LogP contribution in [0.25, 0.3) is 0 Å². The van der Waals surface area contributed by atoms with Crippen LogP contribution in [0.15, 0.2) is 34.3 Å². The number of carbonyl (C=O) groups excluding carboxylic acids is 1. The van der Waals surface area contributed by atoms with E-state index in [1.54, 1.807) is 13.8 Å². The highest BCUT2D eigenvalue weighted by atomic mass is 79.9. The highest BCUT2D eigenvalue weighted by Crippen LogP contribution is 2.41. The first-order valence-corrected chi connectivity index (χ1v) is 11.8. The molecule has 2 N–H and O–H groups in total. The zero-order valence-electron chi connectivity index (χ0n) is 16.4. The van der Waals surface area contributed by atoms with Gasteiger partial charge in [-0.1, -0.05) is 0 Å². The number of carbonyl (C=O) groups is 1. The van der Waals surface area contributed by atoms with Crippen LogP contribution in [0.3, 0.4) is 0 Å². The number of anilines is 1. The number of rotatable bonds is 6. The monoisotopic (exact) mass is 507 g/mol. The van der Waals surface area contributed by atoms with Crippen LogP contribution in [0.2, 0.25) is 0 Å². The lowest BCUT2D eigenvalue weighted by Crippen LogP contribution is -2.42. The molecule has 1 spiro atoms. The summed E-state index contributed by atoms with van der Waals surface area (Å²) in [6, 6.07) is 3.54. The first kappa shape index (κ1) is 23.1. The molecule has 1 aliphatic heterocycles. The molecular weight excluding hydrogens is 485 g/mol. The van der Waals surface area contributed by atoms with Gasteiger partial charge >= 0.3 is 5.97 Å². The molecule has 1 aromatic carbocycles. The second-order valence-corrected chi connectivity index (χ2v) is 9.81. The normalized spacial score (nSPS) is 29.0. The molecule has 1 saturated heterocycles. The van der Waals surface area contributed by atoms with Gasteiger partial charge in [0.2, 0.25) is 10.0 Å². The lowest BCUT2D eigenvalue weighted by atomic mass is 9.94. The number of nitrogens with one attached hydrogen (secondary N) is 1. The molecule has 0 bridgehead atoms. The predicted molar refractivity (Wildman–Crippen MR) is 110 cm³/mol. The molecule has 0 saturated carbocycles. The van der Waals surface area contributed by atoms with Crippen molar-refractivity contribution >= 4 is 37.6 Å². The third kappa shape index (κ3) is 4.70. The van der Waals surface area contributed by atoms with Crippen LogP contribution in [0.4, 0.5) is 10.1 Å². The Balaban J connectivity index is 1.95. The van der Waals surface area contributed by atoms with Crippen LogP contribution in [0.1, 0.15) is 26.7 Å². The number of aliphatic hydroxyl groups is 1. The van der Waals surface area contributed by atoms with Gasteiger partial charge in [-0.2, -0.15) is 0 Å². The van der Waals surface area contributed by atoms with E-state index in [4.69, 9.17) is 14.2 Å². The molecule has 2 aliphatic rings. The third-order valence-corrected chi connectivity index (χ3v) is 7.39. The smallest absolute Gasteiger partial charge is 0.335 e.